The van der Waals surface area contributed by atoms with Gasteiger partial charge in [-0.25, -0.2) is 0 Å². The van der Waals surface area contributed by atoms with E-state index in [1.165, 1.54) is 0 Å². The van der Waals surface area contributed by atoms with Crippen LogP contribution in [-0.2, 0) is 16.0 Å². The zero-order valence-corrected chi connectivity index (χ0v) is 13.6. The van der Waals surface area contributed by atoms with E-state index in [1.54, 1.807) is 0 Å². The molecule has 24 heavy (non-hydrogen) atoms. The number of amides is 2. The number of rotatable bonds is 6. The molecule has 2 aromatic carbocycles. The maximum absolute atomic E-state index is 11.9. The van der Waals surface area contributed by atoms with Gasteiger partial charge in [-0.1, -0.05) is 60.7 Å². The molecule has 2 rings (SSSR count). The Labute approximate surface area is 141 Å². The molecule has 0 saturated heterocycles. The van der Waals surface area contributed by atoms with E-state index in [9.17, 15) is 14.7 Å². The van der Waals surface area contributed by atoms with Gasteiger partial charge in [0.1, 0.15) is 0 Å². The van der Waals surface area contributed by atoms with Crippen LogP contribution in [0.1, 0.15) is 24.1 Å². The van der Waals surface area contributed by atoms with Crippen LogP contribution in [0.25, 0.3) is 0 Å². The molecule has 0 saturated carbocycles. The molecule has 0 aliphatic rings. The highest BCUT2D eigenvalue weighted by atomic mass is 16.3. The summed E-state index contributed by atoms with van der Waals surface area (Å²) in [5.41, 5.74) is 1.89. The molecular weight excluding hydrogens is 304 g/mol. The van der Waals surface area contributed by atoms with Crippen LogP contribution < -0.4 is 10.6 Å². The highest BCUT2D eigenvalue weighted by Crippen LogP contribution is 2.10. The number of hydrogen-bond acceptors (Lipinski definition) is 3. The van der Waals surface area contributed by atoms with Crippen LogP contribution in [0.5, 0.6) is 0 Å². The number of carbonyl (C=O) groups excluding carboxylic acids is 2. The second kappa shape index (κ2) is 8.84. The fraction of sp³-hybridized carbons (Fsp3) is 0.263. The first kappa shape index (κ1) is 17.7. The van der Waals surface area contributed by atoms with E-state index in [2.05, 4.69) is 10.6 Å². The molecule has 0 aliphatic heterocycles. The van der Waals surface area contributed by atoms with Crippen molar-refractivity contribution >= 4 is 11.8 Å². The number of hydrogen-bond donors (Lipinski definition) is 3. The van der Waals surface area contributed by atoms with Crippen molar-refractivity contribution < 1.29 is 14.7 Å². The van der Waals surface area contributed by atoms with Gasteiger partial charge in [-0.05, 0) is 18.1 Å². The van der Waals surface area contributed by atoms with Gasteiger partial charge in [0.05, 0.1) is 12.1 Å². The number of nitrogens with one attached hydrogen (secondary N) is 2. The molecule has 5 heteroatoms. The van der Waals surface area contributed by atoms with Crippen molar-refractivity contribution in [2.45, 2.75) is 25.5 Å². The molecule has 0 heterocycles. The molecular formula is C19H22N2O3. The molecule has 3 N–H and O–H groups in total. The topological polar surface area (TPSA) is 78.4 Å². The molecule has 126 valence electrons. The summed E-state index contributed by atoms with van der Waals surface area (Å²) in [6, 6.07) is 18.6. The highest BCUT2D eigenvalue weighted by Gasteiger charge is 2.17. The molecule has 0 unspecified atom stereocenters. The normalized spacial score (nSPS) is 12.9. The zero-order valence-electron chi connectivity index (χ0n) is 13.6. The van der Waals surface area contributed by atoms with Crippen LogP contribution in [0.15, 0.2) is 60.7 Å². The summed E-state index contributed by atoms with van der Waals surface area (Å²) in [7, 11) is 0. The van der Waals surface area contributed by atoms with Crippen molar-refractivity contribution in [3.05, 3.63) is 71.8 Å². The minimum absolute atomic E-state index is 0.0286. The Bertz CT molecular complexity index is 659. The molecule has 0 radical (unpaired) electrons. The van der Waals surface area contributed by atoms with Crippen LogP contribution >= 0.6 is 0 Å². The van der Waals surface area contributed by atoms with Gasteiger partial charge < -0.3 is 15.7 Å². The van der Waals surface area contributed by atoms with Crippen molar-refractivity contribution in [1.29, 1.82) is 0 Å². The Balaban J connectivity index is 1.76. The predicted octanol–water partition coefficient (Wildman–Crippen LogP) is 1.58. The van der Waals surface area contributed by atoms with E-state index < -0.39 is 17.9 Å². The molecule has 0 aromatic heterocycles. The van der Waals surface area contributed by atoms with Crippen molar-refractivity contribution in [3.63, 3.8) is 0 Å². The number of benzene rings is 2. The Morgan fingerprint density at radius 3 is 2.17 bits per heavy atom. The summed E-state index contributed by atoms with van der Waals surface area (Å²) in [6.07, 6.45) is -0.320. The second-order valence-electron chi connectivity index (χ2n) is 5.66. The summed E-state index contributed by atoms with van der Waals surface area (Å²) in [4.78, 5) is 23.7. The van der Waals surface area contributed by atoms with Gasteiger partial charge in [0.25, 0.3) is 0 Å². The first-order valence-electron chi connectivity index (χ1n) is 7.92. The SMILES string of the molecule is C[C@@H](NC(=O)C(=O)NC[C@H](O)Cc1ccccc1)c1ccccc1. The molecule has 2 atom stereocenters. The third-order valence-corrected chi connectivity index (χ3v) is 3.67. The van der Waals surface area contributed by atoms with Crippen LogP contribution in [0, 0.1) is 0 Å². The summed E-state index contributed by atoms with van der Waals surface area (Å²) in [5.74, 6) is -1.46. The average molecular weight is 326 g/mol. The number of aliphatic hydroxyl groups is 1. The molecule has 0 fully saturated rings. The Morgan fingerprint density at radius 1 is 0.958 bits per heavy atom. The summed E-state index contributed by atoms with van der Waals surface area (Å²) >= 11 is 0. The maximum Gasteiger partial charge on any atom is 0.309 e. The molecule has 0 aliphatic carbocycles. The van der Waals surface area contributed by atoms with E-state index in [0.29, 0.717) is 6.42 Å². The van der Waals surface area contributed by atoms with Crippen LogP contribution in [0.2, 0.25) is 0 Å². The fourth-order valence-electron chi connectivity index (χ4n) is 2.34. The minimum Gasteiger partial charge on any atom is -0.391 e. The Kier molecular flexibility index (Phi) is 6.51. The average Bonchev–Trinajstić information content (AvgIpc) is 2.61. The first-order chi connectivity index (χ1) is 11.6. The number of aliphatic hydroxyl groups excluding tert-OH is 1. The third-order valence-electron chi connectivity index (χ3n) is 3.67. The Hall–Kier alpha value is -2.66. The van der Waals surface area contributed by atoms with Gasteiger partial charge >= 0.3 is 11.8 Å². The summed E-state index contributed by atoms with van der Waals surface area (Å²) in [6.45, 7) is 1.84. The van der Waals surface area contributed by atoms with Gasteiger partial charge in [0.15, 0.2) is 0 Å². The summed E-state index contributed by atoms with van der Waals surface area (Å²) in [5, 5.41) is 15.0. The van der Waals surface area contributed by atoms with Crippen LogP contribution in [0.3, 0.4) is 0 Å². The molecule has 2 amide bonds. The van der Waals surface area contributed by atoms with E-state index >= 15 is 0 Å². The first-order valence-corrected chi connectivity index (χ1v) is 7.92. The quantitative estimate of drug-likeness (QED) is 0.705. The molecule has 5 nitrogen and oxygen atoms in total. The van der Waals surface area contributed by atoms with Gasteiger partial charge in [0.2, 0.25) is 0 Å². The van der Waals surface area contributed by atoms with Crippen molar-refractivity contribution in [2.24, 2.45) is 0 Å². The van der Waals surface area contributed by atoms with Crippen LogP contribution in [0.4, 0.5) is 0 Å². The zero-order chi connectivity index (χ0) is 17.4. The van der Waals surface area contributed by atoms with Gasteiger partial charge in [-0.3, -0.25) is 9.59 Å². The monoisotopic (exact) mass is 326 g/mol. The van der Waals surface area contributed by atoms with E-state index in [0.717, 1.165) is 11.1 Å². The van der Waals surface area contributed by atoms with Crippen molar-refractivity contribution in [1.82, 2.24) is 10.6 Å². The largest absolute Gasteiger partial charge is 0.391 e. The van der Waals surface area contributed by atoms with Gasteiger partial charge in [0, 0.05) is 13.0 Å². The fourth-order valence-corrected chi connectivity index (χ4v) is 2.34. The lowest BCUT2D eigenvalue weighted by molar-refractivity contribution is -0.139. The van der Waals surface area contributed by atoms with Gasteiger partial charge in [-0.15, -0.1) is 0 Å². The lowest BCUT2D eigenvalue weighted by atomic mass is 10.1. The van der Waals surface area contributed by atoms with Crippen molar-refractivity contribution in [3.8, 4) is 0 Å². The standard InChI is InChI=1S/C19H22N2O3/c1-14(16-10-6-3-7-11-16)21-19(24)18(23)20-13-17(22)12-15-8-4-2-5-9-15/h2-11,14,17,22H,12-13H2,1H3,(H,20,23)(H,21,24)/t14-,17-/m1/s1. The number of carbonyl (C=O) groups is 2. The Morgan fingerprint density at radius 2 is 1.54 bits per heavy atom. The molecule has 2 aromatic rings. The highest BCUT2D eigenvalue weighted by molar-refractivity contribution is 6.35. The minimum atomic E-state index is -0.745. The van der Waals surface area contributed by atoms with E-state index in [1.807, 2.05) is 67.6 Å². The smallest absolute Gasteiger partial charge is 0.309 e. The third kappa shape index (κ3) is 5.52. The second-order valence-corrected chi connectivity index (χ2v) is 5.66. The van der Waals surface area contributed by atoms with Crippen LogP contribution in [-0.4, -0.2) is 29.6 Å². The lowest BCUT2D eigenvalue weighted by Crippen LogP contribution is -2.43. The molecule has 0 spiro atoms. The lowest BCUT2D eigenvalue weighted by Gasteiger charge is -2.15. The van der Waals surface area contributed by atoms with E-state index in [4.69, 9.17) is 0 Å². The summed E-state index contributed by atoms with van der Waals surface area (Å²) < 4.78 is 0. The molecule has 0 bridgehead atoms. The predicted molar refractivity (Wildman–Crippen MR) is 92.2 cm³/mol. The van der Waals surface area contributed by atoms with Crippen molar-refractivity contribution in [2.75, 3.05) is 6.54 Å². The van der Waals surface area contributed by atoms with Gasteiger partial charge in [-0.2, -0.15) is 0 Å². The van der Waals surface area contributed by atoms with E-state index in [-0.39, 0.29) is 12.6 Å². The maximum atomic E-state index is 11.9.